The number of halogens is 1. The van der Waals surface area contributed by atoms with Crippen molar-refractivity contribution in [3.8, 4) is 0 Å². The van der Waals surface area contributed by atoms with Crippen LogP contribution in [-0.4, -0.2) is 49.4 Å². The molecule has 0 saturated heterocycles. The largest absolute Gasteiger partial charge is 0.469 e. The Morgan fingerprint density at radius 1 is 0.921 bits per heavy atom. The van der Waals surface area contributed by atoms with Gasteiger partial charge >= 0.3 is 5.97 Å². The summed E-state index contributed by atoms with van der Waals surface area (Å²) in [6.07, 6.45) is 3.13. The lowest BCUT2D eigenvalue weighted by atomic mass is 10.0. The van der Waals surface area contributed by atoms with Crippen LogP contribution in [0.1, 0.15) is 50.2 Å². The maximum atomic E-state index is 13.5. The van der Waals surface area contributed by atoms with E-state index in [1.807, 2.05) is 42.5 Å². The van der Waals surface area contributed by atoms with E-state index in [0.29, 0.717) is 12.2 Å². The van der Waals surface area contributed by atoms with Gasteiger partial charge in [0.15, 0.2) is 0 Å². The number of unbranched alkanes of at least 4 members (excludes halogenated alkanes) is 2. The fourth-order valence-electron chi connectivity index (χ4n) is 3.78. The molecular weight excluding hydrogens is 599 g/mol. The van der Waals surface area contributed by atoms with Crippen LogP contribution in [0, 0.1) is 3.57 Å². The highest BCUT2D eigenvalue weighted by molar-refractivity contribution is 14.1. The highest BCUT2D eigenvalue weighted by atomic mass is 127. The molecule has 0 fully saturated rings. The summed E-state index contributed by atoms with van der Waals surface area (Å²) in [4.78, 5) is 50.7. The number of amides is 3. The minimum atomic E-state index is -0.941. The van der Waals surface area contributed by atoms with Gasteiger partial charge in [-0.25, -0.2) is 0 Å². The zero-order chi connectivity index (χ0) is 27.9. The summed E-state index contributed by atoms with van der Waals surface area (Å²) < 4.78 is 5.48. The number of ether oxygens (including phenoxy) is 1. The summed E-state index contributed by atoms with van der Waals surface area (Å²) in [5.74, 6) is -1.75. The molecule has 9 nitrogen and oxygen atoms in total. The number of hydrogen-bond donors (Lipinski definition) is 4. The molecule has 2 unspecified atom stereocenters. The molecule has 5 N–H and O–H groups in total. The lowest BCUT2D eigenvalue weighted by Gasteiger charge is -2.24. The quantitative estimate of drug-likeness (QED) is 0.103. The number of nitrogens with one attached hydrogen (secondary N) is 3. The van der Waals surface area contributed by atoms with Crippen LogP contribution >= 0.6 is 22.6 Å². The van der Waals surface area contributed by atoms with Crippen LogP contribution in [0.5, 0.6) is 0 Å². The summed E-state index contributed by atoms with van der Waals surface area (Å²) >= 11 is 2.16. The Balaban J connectivity index is 2.22. The molecular formula is C28H37IN4O5. The lowest BCUT2D eigenvalue weighted by molar-refractivity contribution is -0.142. The van der Waals surface area contributed by atoms with E-state index in [2.05, 4.69) is 50.2 Å². The standard InChI is InChI=1S/C28H37IN4O5/c1-3-4-8-15-31-27(36)24(17-20-11-12-21(30)18-22(20)29)33-28(37)23(16-19-9-6-5-7-10-19)32-25(34)13-14-26(35)38-2/h5-7,9-12,18,23-24H,3-4,8,13-17,30H2,1-2H3,(H,31,36)(H,32,34)(H,33,37). The van der Waals surface area contributed by atoms with Gasteiger partial charge in [-0.2, -0.15) is 0 Å². The van der Waals surface area contributed by atoms with E-state index in [9.17, 15) is 19.2 Å². The molecule has 2 atom stereocenters. The normalized spacial score (nSPS) is 12.2. The number of anilines is 1. The molecule has 2 aromatic rings. The average molecular weight is 637 g/mol. The van der Waals surface area contributed by atoms with Crippen molar-refractivity contribution in [2.45, 2.75) is 64.0 Å². The minimum Gasteiger partial charge on any atom is -0.469 e. The number of hydrogen-bond acceptors (Lipinski definition) is 6. The van der Waals surface area contributed by atoms with Crippen LogP contribution in [0.3, 0.4) is 0 Å². The summed E-state index contributed by atoms with van der Waals surface area (Å²) in [5, 5.41) is 8.50. The van der Waals surface area contributed by atoms with Crippen LogP contribution in [-0.2, 0) is 36.8 Å². The van der Waals surface area contributed by atoms with E-state index >= 15 is 0 Å². The molecule has 0 saturated carbocycles. The summed E-state index contributed by atoms with van der Waals surface area (Å²) in [7, 11) is 1.25. The molecule has 10 heteroatoms. The second-order valence-electron chi connectivity index (χ2n) is 9.00. The molecule has 2 rings (SSSR count). The number of nitrogens with two attached hydrogens (primary N) is 1. The third-order valence-corrected chi connectivity index (χ3v) is 6.94. The van der Waals surface area contributed by atoms with E-state index in [0.717, 1.165) is 34.0 Å². The van der Waals surface area contributed by atoms with Gasteiger partial charge in [-0.15, -0.1) is 0 Å². The predicted octanol–water partition coefficient (Wildman–Crippen LogP) is 2.89. The van der Waals surface area contributed by atoms with Gasteiger partial charge in [0.1, 0.15) is 12.1 Å². The van der Waals surface area contributed by atoms with Crippen LogP contribution < -0.4 is 21.7 Å². The average Bonchev–Trinajstić information content (AvgIpc) is 2.90. The second-order valence-corrected chi connectivity index (χ2v) is 10.2. The number of rotatable bonds is 15. The fraction of sp³-hybridized carbons (Fsp3) is 0.429. The Bertz CT molecular complexity index is 1080. The minimum absolute atomic E-state index is 0.0968. The molecule has 0 heterocycles. The van der Waals surface area contributed by atoms with E-state index in [1.165, 1.54) is 7.11 Å². The SMILES string of the molecule is CCCCCNC(=O)C(Cc1ccc(N)cc1I)NC(=O)C(Cc1ccccc1)NC(=O)CCC(=O)OC. The summed E-state index contributed by atoms with van der Waals surface area (Å²) in [6.45, 7) is 2.59. The molecule has 0 aliphatic rings. The fourth-order valence-corrected chi connectivity index (χ4v) is 4.54. The van der Waals surface area contributed by atoms with Crippen molar-refractivity contribution in [1.29, 1.82) is 0 Å². The monoisotopic (exact) mass is 636 g/mol. The first-order valence-corrected chi connectivity index (χ1v) is 13.8. The third-order valence-electron chi connectivity index (χ3n) is 5.93. The van der Waals surface area contributed by atoms with Crippen molar-refractivity contribution in [1.82, 2.24) is 16.0 Å². The number of esters is 1. The van der Waals surface area contributed by atoms with Crippen molar-refractivity contribution in [3.63, 3.8) is 0 Å². The van der Waals surface area contributed by atoms with Crippen molar-refractivity contribution >= 4 is 52.0 Å². The van der Waals surface area contributed by atoms with E-state index in [1.54, 1.807) is 6.07 Å². The van der Waals surface area contributed by atoms with Gasteiger partial charge in [0.05, 0.1) is 13.5 Å². The Morgan fingerprint density at radius 3 is 2.29 bits per heavy atom. The Kier molecular flexibility index (Phi) is 13.6. The molecule has 0 bridgehead atoms. The molecule has 0 radical (unpaired) electrons. The van der Waals surface area contributed by atoms with Gasteiger partial charge in [-0.1, -0.05) is 56.2 Å². The Morgan fingerprint density at radius 2 is 1.63 bits per heavy atom. The van der Waals surface area contributed by atoms with Crippen LogP contribution in [0.25, 0.3) is 0 Å². The highest BCUT2D eigenvalue weighted by Gasteiger charge is 2.28. The number of methoxy groups -OCH3 is 1. The summed E-state index contributed by atoms with van der Waals surface area (Å²) in [5.41, 5.74) is 8.21. The van der Waals surface area contributed by atoms with E-state index < -0.39 is 29.9 Å². The van der Waals surface area contributed by atoms with Crippen molar-refractivity contribution in [2.75, 3.05) is 19.4 Å². The molecule has 3 amide bonds. The van der Waals surface area contributed by atoms with Gasteiger partial charge in [0, 0.05) is 35.1 Å². The third kappa shape index (κ3) is 11.1. The molecule has 0 aliphatic heterocycles. The maximum absolute atomic E-state index is 13.5. The highest BCUT2D eigenvalue weighted by Crippen LogP contribution is 2.18. The van der Waals surface area contributed by atoms with Crippen molar-refractivity contribution < 1.29 is 23.9 Å². The van der Waals surface area contributed by atoms with Crippen molar-refractivity contribution in [2.24, 2.45) is 0 Å². The topological polar surface area (TPSA) is 140 Å². The van der Waals surface area contributed by atoms with Gasteiger partial charge in [-0.05, 0) is 52.3 Å². The first kappa shape index (κ1) is 31.1. The Labute approximate surface area is 237 Å². The van der Waals surface area contributed by atoms with Gasteiger partial charge in [0.25, 0.3) is 0 Å². The van der Waals surface area contributed by atoms with Crippen LogP contribution in [0.15, 0.2) is 48.5 Å². The molecule has 38 heavy (non-hydrogen) atoms. The van der Waals surface area contributed by atoms with Crippen molar-refractivity contribution in [3.05, 3.63) is 63.2 Å². The predicted molar refractivity (Wildman–Crippen MR) is 155 cm³/mol. The summed E-state index contributed by atoms with van der Waals surface area (Å²) in [6, 6.07) is 12.9. The van der Waals surface area contributed by atoms with Gasteiger partial charge < -0.3 is 26.4 Å². The molecule has 206 valence electrons. The molecule has 0 aliphatic carbocycles. The number of benzene rings is 2. The molecule has 0 spiro atoms. The number of carbonyl (C=O) groups excluding carboxylic acids is 4. The van der Waals surface area contributed by atoms with Crippen LogP contribution in [0.2, 0.25) is 0 Å². The van der Waals surface area contributed by atoms with Gasteiger partial charge in [0.2, 0.25) is 17.7 Å². The zero-order valence-corrected chi connectivity index (χ0v) is 24.1. The van der Waals surface area contributed by atoms with Gasteiger partial charge in [-0.3, -0.25) is 19.2 Å². The van der Waals surface area contributed by atoms with E-state index in [4.69, 9.17) is 5.73 Å². The zero-order valence-electron chi connectivity index (χ0n) is 21.9. The Hall–Kier alpha value is -3.15. The number of carbonyl (C=O) groups is 4. The smallest absolute Gasteiger partial charge is 0.306 e. The number of nitrogen functional groups attached to an aromatic ring is 1. The molecule has 2 aromatic carbocycles. The second kappa shape index (κ2) is 16.6. The van der Waals surface area contributed by atoms with E-state index in [-0.39, 0.29) is 31.6 Å². The molecule has 0 aromatic heterocycles. The lowest BCUT2D eigenvalue weighted by Crippen LogP contribution is -2.55. The first-order valence-electron chi connectivity index (χ1n) is 12.8. The first-order chi connectivity index (χ1) is 18.2. The van der Waals surface area contributed by atoms with Crippen LogP contribution in [0.4, 0.5) is 5.69 Å². The maximum Gasteiger partial charge on any atom is 0.306 e.